The van der Waals surface area contributed by atoms with E-state index in [0.29, 0.717) is 35.4 Å². The average Bonchev–Trinajstić information content (AvgIpc) is 3.67. The third kappa shape index (κ3) is 6.07. The Labute approximate surface area is 233 Å². The number of hydrogen-bond acceptors (Lipinski definition) is 11. The fourth-order valence-corrected chi connectivity index (χ4v) is 4.59. The third-order valence-corrected chi connectivity index (χ3v) is 6.74. The first-order valence-corrected chi connectivity index (χ1v) is 12.7. The molecule has 14 heteroatoms. The van der Waals surface area contributed by atoms with Crippen LogP contribution in [0.2, 0.25) is 0 Å². The van der Waals surface area contributed by atoms with Gasteiger partial charge in [-0.15, -0.1) is 0 Å². The van der Waals surface area contributed by atoms with Crippen LogP contribution in [-0.4, -0.2) is 66.6 Å². The number of benzene rings is 1. The standard InChI is InChI=1S/C17H20O6.C10H11N5O3/c1-9(5-7-13(18)19)4-6-11-15(20)14-12(8-23-17(14)21)10(2)16(11)22-3;11-10-13-8-7(9(17)14-10)12-4-15(8)6-2-1-5(3-16)18-6/h4,20H,5-8H2,1-3H3,(H,18,19);1-2,4-6,16H,3H2,(H3,11,13,14,17)/b9-4+;/t;5-,6+/m.0/s1. The third-order valence-electron chi connectivity index (χ3n) is 6.74. The number of hydrogen-bond donors (Lipinski definition) is 5. The van der Waals surface area contributed by atoms with Crippen LogP contribution in [0.3, 0.4) is 0 Å². The van der Waals surface area contributed by atoms with E-state index in [1.165, 1.54) is 13.4 Å². The number of cyclic esters (lactones) is 1. The van der Waals surface area contributed by atoms with Gasteiger partial charge >= 0.3 is 11.9 Å². The lowest BCUT2D eigenvalue weighted by Gasteiger charge is -2.15. The maximum Gasteiger partial charge on any atom is 0.342 e. The van der Waals surface area contributed by atoms with Gasteiger partial charge in [-0.1, -0.05) is 17.7 Å². The number of anilines is 1. The summed E-state index contributed by atoms with van der Waals surface area (Å²) >= 11 is 0. The van der Waals surface area contributed by atoms with E-state index >= 15 is 0 Å². The summed E-state index contributed by atoms with van der Waals surface area (Å²) in [7, 11) is 1.51. The average molecular weight is 570 g/mol. The highest BCUT2D eigenvalue weighted by atomic mass is 16.5. The molecule has 0 spiro atoms. The van der Waals surface area contributed by atoms with E-state index in [2.05, 4.69) is 15.0 Å². The maximum absolute atomic E-state index is 11.8. The number of carbonyl (C=O) groups is 2. The quantitative estimate of drug-likeness (QED) is 0.194. The number of ether oxygens (including phenoxy) is 3. The number of phenols is 1. The SMILES string of the molecule is COc1c(C)c2c(c(O)c1C/C=C(\C)CCC(=O)O)C(=O)OC2.Nc1nc2c(ncn2[C@H]2C=C[C@@H](CO)O2)c(=O)[nH]1. The van der Waals surface area contributed by atoms with Crippen molar-refractivity contribution in [2.75, 3.05) is 19.5 Å². The largest absolute Gasteiger partial charge is 0.507 e. The van der Waals surface area contributed by atoms with Crippen LogP contribution in [0.5, 0.6) is 11.5 Å². The number of aliphatic hydroxyl groups is 1. The number of carbonyl (C=O) groups excluding carboxylic acids is 1. The van der Waals surface area contributed by atoms with E-state index in [4.69, 9.17) is 30.2 Å². The number of aromatic hydroxyl groups is 1. The molecule has 4 heterocycles. The Kier molecular flexibility index (Phi) is 8.74. The molecule has 14 nitrogen and oxygen atoms in total. The molecule has 5 rings (SSSR count). The lowest BCUT2D eigenvalue weighted by molar-refractivity contribution is -0.136. The summed E-state index contributed by atoms with van der Waals surface area (Å²) in [5.41, 5.74) is 8.70. The van der Waals surface area contributed by atoms with E-state index in [-0.39, 0.29) is 48.5 Å². The number of methoxy groups -OCH3 is 1. The number of allylic oxidation sites excluding steroid dienone is 2. The van der Waals surface area contributed by atoms with Gasteiger partial charge < -0.3 is 35.3 Å². The molecular formula is C27H31N5O9. The van der Waals surface area contributed by atoms with Crippen molar-refractivity contribution in [2.24, 2.45) is 0 Å². The summed E-state index contributed by atoms with van der Waals surface area (Å²) in [5, 5.41) is 28.1. The number of carboxylic acids is 1. The maximum atomic E-state index is 11.8. The molecule has 0 fully saturated rings. The van der Waals surface area contributed by atoms with Crippen LogP contribution in [0, 0.1) is 6.92 Å². The Hall–Kier alpha value is -4.69. The molecule has 0 radical (unpaired) electrons. The number of fused-ring (bicyclic) bond motifs is 2. The first kappa shape index (κ1) is 29.3. The fraction of sp³-hybridized carbons (Fsp3) is 0.370. The normalized spacial score (nSPS) is 17.8. The number of aliphatic carboxylic acids is 1. The molecule has 2 aromatic heterocycles. The minimum absolute atomic E-state index is 0.0231. The second kappa shape index (κ2) is 12.2. The van der Waals surface area contributed by atoms with Crippen LogP contribution < -0.4 is 16.0 Å². The predicted molar refractivity (Wildman–Crippen MR) is 146 cm³/mol. The summed E-state index contributed by atoms with van der Waals surface area (Å²) < 4.78 is 17.5. The minimum atomic E-state index is -0.853. The van der Waals surface area contributed by atoms with Crippen molar-refractivity contribution in [2.45, 2.75) is 52.0 Å². The van der Waals surface area contributed by atoms with Gasteiger partial charge in [0.25, 0.3) is 5.56 Å². The lowest BCUT2D eigenvalue weighted by atomic mass is 9.94. The number of aliphatic hydroxyl groups excluding tert-OH is 1. The highest BCUT2D eigenvalue weighted by molar-refractivity contribution is 5.98. The van der Waals surface area contributed by atoms with Crippen LogP contribution in [0.25, 0.3) is 11.2 Å². The van der Waals surface area contributed by atoms with Gasteiger partial charge in [0, 0.05) is 17.5 Å². The Balaban J connectivity index is 0.000000194. The van der Waals surface area contributed by atoms with Crippen LogP contribution in [0.1, 0.15) is 53.0 Å². The van der Waals surface area contributed by atoms with E-state index < -0.39 is 23.7 Å². The first-order valence-electron chi connectivity index (χ1n) is 12.7. The molecule has 3 aromatic rings. The molecule has 218 valence electrons. The van der Waals surface area contributed by atoms with Gasteiger partial charge in [0.2, 0.25) is 5.95 Å². The van der Waals surface area contributed by atoms with Crippen molar-refractivity contribution in [3.05, 3.63) is 62.7 Å². The molecule has 1 aromatic carbocycles. The zero-order valence-electron chi connectivity index (χ0n) is 22.7. The molecule has 6 N–H and O–H groups in total. The summed E-state index contributed by atoms with van der Waals surface area (Å²) in [4.78, 5) is 44.4. The van der Waals surface area contributed by atoms with Crippen molar-refractivity contribution in [3.63, 3.8) is 0 Å². The van der Waals surface area contributed by atoms with Gasteiger partial charge in [0.15, 0.2) is 17.4 Å². The van der Waals surface area contributed by atoms with Crippen LogP contribution in [-0.2, 0) is 27.3 Å². The second-order valence-corrected chi connectivity index (χ2v) is 9.47. The Morgan fingerprint density at radius 2 is 2.07 bits per heavy atom. The molecule has 0 bridgehead atoms. The van der Waals surface area contributed by atoms with E-state index in [9.17, 15) is 19.5 Å². The number of nitrogens with one attached hydrogen (secondary N) is 1. The molecule has 2 atom stereocenters. The van der Waals surface area contributed by atoms with Crippen molar-refractivity contribution in [1.29, 1.82) is 0 Å². The van der Waals surface area contributed by atoms with Gasteiger partial charge in [-0.25, -0.2) is 9.78 Å². The highest BCUT2D eigenvalue weighted by Gasteiger charge is 2.32. The van der Waals surface area contributed by atoms with Crippen molar-refractivity contribution in [3.8, 4) is 11.5 Å². The Morgan fingerprint density at radius 3 is 2.73 bits per heavy atom. The molecule has 0 aliphatic carbocycles. The second-order valence-electron chi connectivity index (χ2n) is 9.47. The van der Waals surface area contributed by atoms with Crippen molar-refractivity contribution in [1.82, 2.24) is 19.5 Å². The molecule has 2 aliphatic rings. The first-order chi connectivity index (χ1) is 19.5. The molecule has 0 unspecified atom stereocenters. The number of esters is 1. The smallest absolute Gasteiger partial charge is 0.342 e. The predicted octanol–water partition coefficient (Wildman–Crippen LogP) is 1.88. The topological polar surface area (TPSA) is 212 Å². The Morgan fingerprint density at radius 1 is 1.32 bits per heavy atom. The Bertz CT molecular complexity index is 1600. The molecule has 2 aliphatic heterocycles. The van der Waals surface area contributed by atoms with E-state index in [1.807, 2.05) is 19.9 Å². The highest BCUT2D eigenvalue weighted by Crippen LogP contribution is 2.42. The summed E-state index contributed by atoms with van der Waals surface area (Å²) in [6.45, 7) is 3.69. The lowest BCUT2D eigenvalue weighted by Crippen LogP contribution is -2.16. The van der Waals surface area contributed by atoms with Crippen molar-refractivity contribution < 1.29 is 39.1 Å². The number of aromatic nitrogens is 4. The molecule has 0 amide bonds. The minimum Gasteiger partial charge on any atom is -0.507 e. The number of nitrogens with two attached hydrogens (primary N) is 1. The van der Waals surface area contributed by atoms with Gasteiger partial charge in [-0.2, -0.15) is 4.98 Å². The number of imidazole rings is 1. The molecule has 0 saturated carbocycles. The number of phenolic OH excluding ortho intramolecular Hbond substituents is 1. The monoisotopic (exact) mass is 569 g/mol. The van der Waals surface area contributed by atoms with E-state index in [0.717, 1.165) is 11.1 Å². The number of rotatable bonds is 8. The number of aromatic amines is 1. The summed E-state index contributed by atoms with van der Waals surface area (Å²) in [6, 6.07) is 0. The summed E-state index contributed by atoms with van der Waals surface area (Å²) in [6.07, 6.45) is 6.85. The van der Waals surface area contributed by atoms with Gasteiger partial charge in [-0.3, -0.25) is 19.1 Å². The molecular weight excluding hydrogens is 538 g/mol. The molecule has 41 heavy (non-hydrogen) atoms. The number of carboxylic acid groups (broad SMARTS) is 1. The van der Waals surface area contributed by atoms with Crippen LogP contribution in [0.15, 0.2) is 34.9 Å². The number of H-pyrrole nitrogens is 1. The van der Waals surface area contributed by atoms with E-state index in [1.54, 1.807) is 16.7 Å². The fourth-order valence-electron chi connectivity index (χ4n) is 4.59. The van der Waals surface area contributed by atoms with Crippen LogP contribution in [0.4, 0.5) is 5.95 Å². The van der Waals surface area contributed by atoms with Crippen molar-refractivity contribution >= 4 is 29.1 Å². The summed E-state index contributed by atoms with van der Waals surface area (Å²) in [5.74, 6) is -0.950. The number of nitrogen functional groups attached to an aromatic ring is 1. The molecule has 0 saturated heterocycles. The van der Waals surface area contributed by atoms with Gasteiger partial charge in [0.05, 0.1) is 20.0 Å². The van der Waals surface area contributed by atoms with Gasteiger partial charge in [0.1, 0.15) is 29.8 Å². The zero-order valence-corrected chi connectivity index (χ0v) is 22.7. The van der Waals surface area contributed by atoms with Crippen LogP contribution >= 0.6 is 0 Å². The number of nitrogens with zero attached hydrogens (tertiary/aromatic N) is 3. The zero-order chi connectivity index (χ0) is 29.8. The van der Waals surface area contributed by atoms with Gasteiger partial charge in [-0.05, 0) is 38.3 Å².